The highest BCUT2D eigenvalue weighted by Crippen LogP contribution is 2.46. The first-order valence-corrected chi connectivity index (χ1v) is 9.58. The van der Waals surface area contributed by atoms with Crippen molar-refractivity contribution in [1.82, 2.24) is 0 Å². The van der Waals surface area contributed by atoms with Crippen molar-refractivity contribution in [3.05, 3.63) is 52.0 Å². The van der Waals surface area contributed by atoms with Crippen molar-refractivity contribution in [3.63, 3.8) is 0 Å². The van der Waals surface area contributed by atoms with Crippen molar-refractivity contribution in [2.45, 2.75) is 44.6 Å². The van der Waals surface area contributed by atoms with E-state index in [9.17, 15) is 9.90 Å². The van der Waals surface area contributed by atoms with Crippen molar-refractivity contribution in [2.24, 2.45) is 0 Å². The maximum atomic E-state index is 11.7. The fourth-order valence-corrected chi connectivity index (χ4v) is 4.09. The molecule has 5 nitrogen and oxygen atoms in total. The van der Waals surface area contributed by atoms with E-state index in [1.165, 1.54) is 5.56 Å². The van der Waals surface area contributed by atoms with E-state index < -0.39 is 12.0 Å². The smallest absolute Gasteiger partial charge is 0.326 e. The molecule has 0 aromatic heterocycles. The summed E-state index contributed by atoms with van der Waals surface area (Å²) in [7, 11) is 0. The van der Waals surface area contributed by atoms with Gasteiger partial charge in [0.15, 0.2) is 11.5 Å². The molecule has 3 atom stereocenters. The van der Waals surface area contributed by atoms with E-state index in [0.717, 1.165) is 23.2 Å². The third-order valence-corrected chi connectivity index (χ3v) is 5.93. The molecule has 0 radical (unpaired) electrons. The van der Waals surface area contributed by atoms with Gasteiger partial charge in [-0.3, -0.25) is 0 Å². The van der Waals surface area contributed by atoms with Crippen molar-refractivity contribution >= 4 is 23.3 Å². The van der Waals surface area contributed by atoms with E-state index >= 15 is 0 Å². The molecule has 4 rings (SSSR count). The fourth-order valence-electron chi connectivity index (χ4n) is 3.81. The first-order valence-electron chi connectivity index (χ1n) is 9.20. The lowest BCUT2D eigenvalue weighted by Crippen LogP contribution is -2.35. The average Bonchev–Trinajstić information content (AvgIpc) is 3.12. The van der Waals surface area contributed by atoms with Crippen LogP contribution >= 0.6 is 11.6 Å². The molecular weight excluding hydrogens is 366 g/mol. The molecule has 0 spiro atoms. The van der Waals surface area contributed by atoms with Gasteiger partial charge in [-0.1, -0.05) is 37.6 Å². The second-order valence-electron chi connectivity index (χ2n) is 7.21. The Morgan fingerprint density at radius 2 is 2.00 bits per heavy atom. The van der Waals surface area contributed by atoms with Crippen LogP contribution in [0.4, 0.5) is 5.69 Å². The molecule has 2 aromatic rings. The Balaban J connectivity index is 1.83. The fraction of sp³-hybridized carbons (Fsp3) is 0.381. The van der Waals surface area contributed by atoms with Crippen molar-refractivity contribution in [3.8, 4) is 11.5 Å². The number of carboxylic acid groups (broad SMARTS) is 1. The zero-order chi connectivity index (χ0) is 19.1. The summed E-state index contributed by atoms with van der Waals surface area (Å²) in [5, 5.41) is 13.3. The van der Waals surface area contributed by atoms with Gasteiger partial charge in [0.1, 0.15) is 6.04 Å². The first-order chi connectivity index (χ1) is 13.0. The highest BCUT2D eigenvalue weighted by atomic mass is 35.5. The molecule has 2 aliphatic rings. The minimum Gasteiger partial charge on any atom is -0.480 e. The Morgan fingerprint density at radius 1 is 1.26 bits per heavy atom. The molecule has 2 aromatic carbocycles. The number of hydrogen-bond acceptors (Lipinski definition) is 4. The highest BCUT2D eigenvalue weighted by Gasteiger charge is 2.34. The SMILES string of the molecule is CCC(C)c1ccc2c(c1)C(c1cc3c(cc1Cl)OCO3)CC(C(=O)O)N2. The summed E-state index contributed by atoms with van der Waals surface area (Å²) in [6, 6.07) is 9.22. The molecule has 142 valence electrons. The third kappa shape index (κ3) is 3.21. The Morgan fingerprint density at radius 3 is 2.70 bits per heavy atom. The van der Waals surface area contributed by atoms with Crippen molar-refractivity contribution in [2.75, 3.05) is 12.1 Å². The summed E-state index contributed by atoms with van der Waals surface area (Å²) in [6.45, 7) is 4.53. The number of carbonyl (C=O) groups is 1. The summed E-state index contributed by atoms with van der Waals surface area (Å²) in [5.74, 6) is 0.711. The molecule has 2 aliphatic heterocycles. The molecule has 0 saturated carbocycles. The number of carboxylic acids is 1. The number of rotatable bonds is 4. The molecule has 27 heavy (non-hydrogen) atoms. The molecule has 0 fully saturated rings. The zero-order valence-electron chi connectivity index (χ0n) is 15.3. The summed E-state index contributed by atoms with van der Waals surface area (Å²) in [6.07, 6.45) is 1.46. The average molecular weight is 388 g/mol. The third-order valence-electron chi connectivity index (χ3n) is 5.60. The molecule has 0 saturated heterocycles. The molecule has 0 amide bonds. The maximum absolute atomic E-state index is 11.7. The minimum absolute atomic E-state index is 0.131. The van der Waals surface area contributed by atoms with Gasteiger partial charge in [0.05, 0.1) is 0 Å². The lowest BCUT2D eigenvalue weighted by Gasteiger charge is -2.33. The van der Waals surface area contributed by atoms with Crippen LogP contribution in [0.25, 0.3) is 0 Å². The van der Waals surface area contributed by atoms with E-state index in [-0.39, 0.29) is 12.7 Å². The van der Waals surface area contributed by atoms with Gasteiger partial charge in [-0.25, -0.2) is 4.79 Å². The van der Waals surface area contributed by atoms with Gasteiger partial charge >= 0.3 is 5.97 Å². The number of benzene rings is 2. The van der Waals surface area contributed by atoms with Crippen LogP contribution in [-0.4, -0.2) is 23.9 Å². The van der Waals surface area contributed by atoms with Crippen molar-refractivity contribution < 1.29 is 19.4 Å². The standard InChI is InChI=1S/C21H22ClNO4/c1-3-11(2)12-4-5-17-15(6-12)13(7-18(23-17)21(24)25)14-8-19-20(9-16(14)22)27-10-26-19/h4-6,8-9,11,13,18,23H,3,7,10H2,1-2H3,(H,24,25). The minimum atomic E-state index is -0.867. The van der Waals surface area contributed by atoms with Crippen LogP contribution in [0.2, 0.25) is 5.02 Å². The van der Waals surface area contributed by atoms with Gasteiger partial charge in [0, 0.05) is 22.7 Å². The van der Waals surface area contributed by atoms with Gasteiger partial charge in [-0.05, 0) is 47.6 Å². The molecule has 0 aliphatic carbocycles. The Hall–Kier alpha value is -2.40. The largest absolute Gasteiger partial charge is 0.480 e. The van der Waals surface area contributed by atoms with Crippen LogP contribution in [0.5, 0.6) is 11.5 Å². The Kier molecular flexibility index (Phi) is 4.64. The number of ether oxygens (including phenoxy) is 2. The predicted octanol–water partition coefficient (Wildman–Crippen LogP) is 4.98. The summed E-state index contributed by atoms with van der Waals surface area (Å²) in [4.78, 5) is 11.7. The van der Waals surface area contributed by atoms with Gasteiger partial charge in [-0.2, -0.15) is 0 Å². The number of anilines is 1. The molecule has 3 unspecified atom stereocenters. The molecule has 2 N–H and O–H groups in total. The molecular formula is C21H22ClNO4. The van der Waals surface area contributed by atoms with E-state index in [4.69, 9.17) is 21.1 Å². The van der Waals surface area contributed by atoms with E-state index in [1.54, 1.807) is 6.07 Å². The number of fused-ring (bicyclic) bond motifs is 2. The predicted molar refractivity (Wildman–Crippen MR) is 104 cm³/mol. The van der Waals surface area contributed by atoms with Crippen LogP contribution in [0.1, 0.15) is 55.2 Å². The number of nitrogens with one attached hydrogen (secondary N) is 1. The summed E-state index contributed by atoms with van der Waals surface area (Å²) in [5.41, 5.74) is 4.04. The lowest BCUT2D eigenvalue weighted by molar-refractivity contribution is -0.138. The van der Waals surface area contributed by atoms with Crippen LogP contribution in [0.15, 0.2) is 30.3 Å². The molecule has 2 heterocycles. The number of halogens is 1. The van der Waals surface area contributed by atoms with Gasteiger partial charge in [0.2, 0.25) is 6.79 Å². The maximum Gasteiger partial charge on any atom is 0.326 e. The summed E-state index contributed by atoms with van der Waals surface area (Å²) < 4.78 is 10.9. The van der Waals surface area contributed by atoms with E-state index in [0.29, 0.717) is 28.9 Å². The number of aliphatic carboxylic acids is 1. The Bertz CT molecular complexity index is 898. The van der Waals surface area contributed by atoms with Crippen LogP contribution in [0, 0.1) is 0 Å². The highest BCUT2D eigenvalue weighted by molar-refractivity contribution is 6.31. The zero-order valence-corrected chi connectivity index (χ0v) is 16.0. The van der Waals surface area contributed by atoms with E-state index in [2.05, 4.69) is 31.3 Å². The lowest BCUT2D eigenvalue weighted by atomic mass is 9.80. The quantitative estimate of drug-likeness (QED) is 0.774. The first kappa shape index (κ1) is 18.0. The van der Waals surface area contributed by atoms with Gasteiger partial charge in [-0.15, -0.1) is 0 Å². The van der Waals surface area contributed by atoms with Gasteiger partial charge < -0.3 is 19.9 Å². The van der Waals surface area contributed by atoms with Crippen molar-refractivity contribution in [1.29, 1.82) is 0 Å². The second-order valence-corrected chi connectivity index (χ2v) is 7.61. The van der Waals surface area contributed by atoms with Crippen LogP contribution in [-0.2, 0) is 4.79 Å². The van der Waals surface area contributed by atoms with E-state index in [1.807, 2.05) is 12.1 Å². The Labute approximate surface area is 163 Å². The number of hydrogen-bond donors (Lipinski definition) is 2. The molecule has 0 bridgehead atoms. The van der Waals surface area contributed by atoms with Gasteiger partial charge in [0.25, 0.3) is 0 Å². The topological polar surface area (TPSA) is 67.8 Å². The normalized spacial score (nSPS) is 21.3. The monoisotopic (exact) mass is 387 g/mol. The summed E-state index contributed by atoms with van der Waals surface area (Å²) >= 11 is 6.56. The second kappa shape index (κ2) is 6.97. The molecule has 6 heteroatoms. The van der Waals surface area contributed by atoms with Crippen LogP contribution in [0.3, 0.4) is 0 Å². The van der Waals surface area contributed by atoms with Crippen LogP contribution < -0.4 is 14.8 Å².